The fraction of sp³-hybridized carbons (Fsp3) is 0.350. The van der Waals surface area contributed by atoms with Gasteiger partial charge in [-0.3, -0.25) is 0 Å². The number of ether oxygens (including phenoxy) is 1. The second-order valence-electron chi connectivity index (χ2n) is 6.90. The number of carbonyl (C=O) groups excluding carboxylic acids is 1. The molecule has 7 heteroatoms. The van der Waals surface area contributed by atoms with E-state index in [0.29, 0.717) is 12.2 Å². The summed E-state index contributed by atoms with van der Waals surface area (Å²) in [5.74, 6) is 0.767. The highest BCUT2D eigenvalue weighted by Crippen LogP contribution is 2.34. The quantitative estimate of drug-likeness (QED) is 0.853. The van der Waals surface area contributed by atoms with Crippen molar-refractivity contribution >= 4 is 6.03 Å². The van der Waals surface area contributed by atoms with E-state index in [1.54, 1.807) is 4.90 Å². The largest absolute Gasteiger partial charge is 0.491 e. The number of hydrogen-bond donors (Lipinski definition) is 1. The van der Waals surface area contributed by atoms with E-state index in [0.717, 1.165) is 36.3 Å². The number of hydrogen-bond acceptors (Lipinski definition) is 2. The molecule has 4 rings (SSSR count). The average molecular weight is 376 g/mol. The number of fused-ring (bicyclic) bond motifs is 1. The summed E-state index contributed by atoms with van der Waals surface area (Å²) in [5, 5.41) is 2.99. The highest BCUT2D eigenvalue weighted by molar-refractivity contribution is 5.76. The lowest BCUT2D eigenvalue weighted by Crippen LogP contribution is -2.42. The van der Waals surface area contributed by atoms with Crippen LogP contribution >= 0.6 is 0 Å². The molecule has 2 aromatic rings. The molecule has 0 saturated heterocycles. The van der Waals surface area contributed by atoms with Gasteiger partial charge in [-0.25, -0.2) is 4.79 Å². The van der Waals surface area contributed by atoms with Crippen LogP contribution in [0.4, 0.5) is 18.0 Å². The molecule has 1 unspecified atom stereocenters. The van der Waals surface area contributed by atoms with Gasteiger partial charge >= 0.3 is 12.2 Å². The Kier molecular flexibility index (Phi) is 4.45. The van der Waals surface area contributed by atoms with Gasteiger partial charge in [0, 0.05) is 18.2 Å². The normalized spacial score (nSPS) is 18.6. The predicted octanol–water partition coefficient (Wildman–Crippen LogP) is 4.51. The van der Waals surface area contributed by atoms with Crippen LogP contribution in [0, 0.1) is 0 Å². The zero-order chi connectivity index (χ0) is 19.0. The third-order valence-electron chi connectivity index (χ3n) is 4.88. The summed E-state index contributed by atoms with van der Waals surface area (Å²) in [6.45, 7) is 0.660. The van der Waals surface area contributed by atoms with Crippen molar-refractivity contribution in [2.75, 3.05) is 6.61 Å². The summed E-state index contributed by atoms with van der Waals surface area (Å²) in [7, 11) is 0. The van der Waals surface area contributed by atoms with Gasteiger partial charge in [-0.15, -0.1) is 0 Å². The van der Waals surface area contributed by atoms with E-state index >= 15 is 0 Å². The van der Waals surface area contributed by atoms with Gasteiger partial charge in [0.2, 0.25) is 0 Å². The van der Waals surface area contributed by atoms with Crippen LogP contribution in [-0.4, -0.2) is 23.6 Å². The number of nitrogens with zero attached hydrogens (tertiary/aromatic N) is 1. The minimum Gasteiger partial charge on any atom is -0.491 e. The first kappa shape index (κ1) is 17.7. The summed E-state index contributed by atoms with van der Waals surface area (Å²) in [6, 6.07) is 12.2. The van der Waals surface area contributed by atoms with Gasteiger partial charge in [-0.2, -0.15) is 13.2 Å². The van der Waals surface area contributed by atoms with E-state index in [9.17, 15) is 18.0 Å². The van der Waals surface area contributed by atoms with Crippen LogP contribution in [0.25, 0.3) is 0 Å². The highest BCUT2D eigenvalue weighted by atomic mass is 19.4. The number of nitrogens with one attached hydrogen (secondary N) is 1. The molecule has 0 radical (unpaired) electrons. The predicted molar refractivity (Wildman–Crippen MR) is 93.2 cm³/mol. The monoisotopic (exact) mass is 376 g/mol. The van der Waals surface area contributed by atoms with E-state index in [4.69, 9.17) is 4.74 Å². The molecule has 4 nitrogen and oxygen atoms in total. The van der Waals surface area contributed by atoms with Crippen molar-refractivity contribution in [3.63, 3.8) is 0 Å². The van der Waals surface area contributed by atoms with Gasteiger partial charge < -0.3 is 15.0 Å². The fourth-order valence-electron chi connectivity index (χ4n) is 3.26. The van der Waals surface area contributed by atoms with Gasteiger partial charge in [0.15, 0.2) is 0 Å². The summed E-state index contributed by atoms with van der Waals surface area (Å²) in [5.41, 5.74) is 0.928. The van der Waals surface area contributed by atoms with Crippen LogP contribution in [0.5, 0.6) is 5.75 Å². The van der Waals surface area contributed by atoms with Crippen LogP contribution in [-0.2, 0) is 12.7 Å². The first-order chi connectivity index (χ1) is 12.9. The van der Waals surface area contributed by atoms with Gasteiger partial charge in [0.05, 0.1) is 11.6 Å². The number of amides is 2. The van der Waals surface area contributed by atoms with Crippen molar-refractivity contribution < 1.29 is 22.7 Å². The minimum atomic E-state index is -4.36. The average Bonchev–Trinajstić information content (AvgIpc) is 3.41. The second-order valence-corrected chi connectivity index (χ2v) is 6.90. The molecule has 0 bridgehead atoms. The molecule has 1 saturated carbocycles. The molecule has 1 aliphatic heterocycles. The Morgan fingerprint density at radius 1 is 1.11 bits per heavy atom. The standard InChI is InChI=1S/C20H19F3N2O2/c21-20(22,23)14-7-5-13(6-8-14)11-25(15-9-10-15)19(26)24-17-12-27-18-4-2-1-3-16(17)18/h1-8,15,17H,9-12H2,(H,24,26). The zero-order valence-corrected chi connectivity index (χ0v) is 14.5. The minimum absolute atomic E-state index is 0.129. The molecule has 2 amide bonds. The van der Waals surface area contributed by atoms with Crippen LogP contribution in [0.2, 0.25) is 0 Å². The molecule has 1 aliphatic carbocycles. The first-order valence-corrected chi connectivity index (χ1v) is 8.87. The maximum Gasteiger partial charge on any atom is 0.416 e. The van der Waals surface area contributed by atoms with E-state index in [2.05, 4.69) is 5.32 Å². The fourth-order valence-corrected chi connectivity index (χ4v) is 3.26. The van der Waals surface area contributed by atoms with E-state index in [1.165, 1.54) is 12.1 Å². The molecule has 2 aliphatic rings. The van der Waals surface area contributed by atoms with Crippen molar-refractivity contribution in [3.8, 4) is 5.75 Å². The maximum atomic E-state index is 12.8. The van der Waals surface area contributed by atoms with Crippen LogP contribution < -0.4 is 10.1 Å². The summed E-state index contributed by atoms with van der Waals surface area (Å²) in [4.78, 5) is 14.5. The van der Waals surface area contributed by atoms with Crippen molar-refractivity contribution in [2.24, 2.45) is 0 Å². The molecule has 1 fully saturated rings. The lowest BCUT2D eigenvalue weighted by molar-refractivity contribution is -0.137. The molecule has 142 valence electrons. The molecule has 27 heavy (non-hydrogen) atoms. The van der Waals surface area contributed by atoms with E-state index in [-0.39, 0.29) is 24.7 Å². The SMILES string of the molecule is O=C(NC1COc2ccccc21)N(Cc1ccc(C(F)(F)F)cc1)C1CC1. The number of alkyl halides is 3. The summed E-state index contributed by atoms with van der Waals surface area (Å²) < 4.78 is 43.7. The molecule has 1 atom stereocenters. The Hall–Kier alpha value is -2.70. The van der Waals surface area contributed by atoms with Crippen LogP contribution in [0.15, 0.2) is 48.5 Å². The third-order valence-corrected chi connectivity index (χ3v) is 4.88. The van der Waals surface area contributed by atoms with E-state index < -0.39 is 11.7 Å². The van der Waals surface area contributed by atoms with Crippen molar-refractivity contribution in [3.05, 3.63) is 65.2 Å². The molecule has 0 spiro atoms. The third kappa shape index (κ3) is 3.86. The first-order valence-electron chi connectivity index (χ1n) is 8.87. The number of carbonyl (C=O) groups is 1. The number of halogens is 3. The lowest BCUT2D eigenvalue weighted by atomic mass is 10.1. The van der Waals surface area contributed by atoms with Crippen LogP contribution in [0.3, 0.4) is 0 Å². The lowest BCUT2D eigenvalue weighted by Gasteiger charge is -2.25. The topological polar surface area (TPSA) is 41.6 Å². The molecule has 1 N–H and O–H groups in total. The molecular weight excluding hydrogens is 357 g/mol. The van der Waals surface area contributed by atoms with E-state index in [1.807, 2.05) is 24.3 Å². The summed E-state index contributed by atoms with van der Waals surface area (Å²) in [6.07, 6.45) is -2.54. The maximum absolute atomic E-state index is 12.8. The zero-order valence-electron chi connectivity index (χ0n) is 14.5. The number of rotatable bonds is 4. The van der Waals surface area contributed by atoms with Gasteiger partial charge in [0.1, 0.15) is 12.4 Å². The second kappa shape index (κ2) is 6.79. The van der Waals surface area contributed by atoms with Crippen molar-refractivity contribution in [1.29, 1.82) is 0 Å². The van der Waals surface area contributed by atoms with Gasteiger partial charge in [-0.05, 0) is 36.6 Å². The Bertz CT molecular complexity index is 832. The molecule has 1 heterocycles. The Balaban J connectivity index is 1.45. The van der Waals surface area contributed by atoms with Crippen molar-refractivity contribution in [1.82, 2.24) is 10.2 Å². The Morgan fingerprint density at radius 2 is 1.81 bits per heavy atom. The molecule has 2 aromatic carbocycles. The van der Waals surface area contributed by atoms with Crippen molar-refractivity contribution in [2.45, 2.75) is 37.6 Å². The smallest absolute Gasteiger partial charge is 0.416 e. The summed E-state index contributed by atoms with van der Waals surface area (Å²) >= 11 is 0. The Morgan fingerprint density at radius 3 is 2.48 bits per heavy atom. The Labute approximate surface area is 154 Å². The highest BCUT2D eigenvalue weighted by Gasteiger charge is 2.35. The molecular formula is C20H19F3N2O2. The van der Waals surface area contributed by atoms with Crippen LogP contribution in [0.1, 0.15) is 35.6 Å². The molecule has 0 aromatic heterocycles. The van der Waals surface area contributed by atoms with Gasteiger partial charge in [-0.1, -0.05) is 30.3 Å². The number of benzene rings is 2. The number of para-hydroxylation sites is 1. The van der Waals surface area contributed by atoms with Gasteiger partial charge in [0.25, 0.3) is 0 Å². The number of urea groups is 1.